The molecule has 0 spiro atoms. The Morgan fingerprint density at radius 3 is 2.15 bits per heavy atom. The van der Waals surface area contributed by atoms with Crippen LogP contribution in [0.5, 0.6) is 0 Å². The van der Waals surface area contributed by atoms with Crippen molar-refractivity contribution in [2.75, 3.05) is 6.54 Å². The molecule has 2 amide bonds. The maximum Gasteiger partial charge on any atom is 0.236 e. The van der Waals surface area contributed by atoms with E-state index in [9.17, 15) is 9.59 Å². The Kier molecular flexibility index (Phi) is 3.91. The first kappa shape index (κ1) is 11.9. The van der Waals surface area contributed by atoms with Crippen LogP contribution >= 0.6 is 0 Å². The molecule has 0 aliphatic carbocycles. The molecule has 0 saturated carbocycles. The molecule has 0 aliphatic rings. The number of nitrogens with one attached hydrogen (secondary N) is 1. The third kappa shape index (κ3) is 4.50. The second-order valence-electron chi connectivity index (χ2n) is 4.27. The second kappa shape index (κ2) is 4.25. The van der Waals surface area contributed by atoms with Gasteiger partial charge in [0.05, 0.1) is 6.54 Å². The van der Waals surface area contributed by atoms with Gasteiger partial charge in [-0.15, -0.1) is 0 Å². The summed E-state index contributed by atoms with van der Waals surface area (Å²) in [5, 5.41) is 2.47. The second-order valence-corrected chi connectivity index (χ2v) is 4.27. The molecule has 3 N–H and O–H groups in total. The molecule has 4 heteroatoms. The molecule has 0 aromatic carbocycles. The number of rotatable bonds is 3. The molecule has 1 unspecified atom stereocenters. The third-order valence-electron chi connectivity index (χ3n) is 2.13. The van der Waals surface area contributed by atoms with E-state index in [-0.39, 0.29) is 23.8 Å². The molecule has 0 aromatic rings. The Hall–Kier alpha value is -1.06. The van der Waals surface area contributed by atoms with E-state index in [0.717, 1.165) is 0 Å². The summed E-state index contributed by atoms with van der Waals surface area (Å²) in [6.45, 7) is 7.67. The third-order valence-corrected chi connectivity index (χ3v) is 2.13. The summed E-state index contributed by atoms with van der Waals surface area (Å²) in [5.74, 6) is -0.785. The highest BCUT2D eigenvalue weighted by atomic mass is 16.2. The van der Waals surface area contributed by atoms with E-state index in [4.69, 9.17) is 5.73 Å². The lowest BCUT2D eigenvalue weighted by Gasteiger charge is -2.25. The van der Waals surface area contributed by atoms with Crippen LogP contribution in [0.25, 0.3) is 0 Å². The number of hydrogen-bond donors (Lipinski definition) is 2. The van der Waals surface area contributed by atoms with Gasteiger partial charge in [-0.2, -0.15) is 0 Å². The monoisotopic (exact) mass is 186 g/mol. The number of carbonyl (C=O) groups is 2. The molecule has 0 bridgehead atoms. The zero-order valence-electron chi connectivity index (χ0n) is 8.68. The van der Waals surface area contributed by atoms with Crippen molar-refractivity contribution in [3.8, 4) is 0 Å². The first-order chi connectivity index (χ1) is 5.75. The minimum atomic E-state index is -0.519. The van der Waals surface area contributed by atoms with Crippen molar-refractivity contribution in [2.45, 2.75) is 27.7 Å². The van der Waals surface area contributed by atoms with Crippen molar-refractivity contribution in [1.82, 2.24) is 5.32 Å². The molecule has 0 radical (unpaired) electrons. The Bertz CT molecular complexity index is 206. The fraction of sp³-hybridized carbons (Fsp3) is 0.778. The molecule has 76 valence electrons. The van der Waals surface area contributed by atoms with E-state index >= 15 is 0 Å². The van der Waals surface area contributed by atoms with Crippen LogP contribution in [-0.2, 0) is 9.59 Å². The number of primary amides is 1. The molecule has 4 nitrogen and oxygen atoms in total. The van der Waals surface area contributed by atoms with E-state index in [2.05, 4.69) is 5.32 Å². The zero-order valence-corrected chi connectivity index (χ0v) is 8.68. The summed E-state index contributed by atoms with van der Waals surface area (Å²) < 4.78 is 0. The topological polar surface area (TPSA) is 72.2 Å². The Morgan fingerprint density at radius 2 is 1.85 bits per heavy atom. The minimum absolute atomic E-state index is 0.0841. The molecule has 0 fully saturated rings. The fourth-order valence-corrected chi connectivity index (χ4v) is 0.721. The lowest BCUT2D eigenvalue weighted by Crippen LogP contribution is -2.40. The van der Waals surface area contributed by atoms with Crippen LogP contribution in [0.1, 0.15) is 27.7 Å². The van der Waals surface area contributed by atoms with Crippen LogP contribution in [0.3, 0.4) is 0 Å². The SMILES string of the molecule is CC(C(=O)NCC(N)=O)C(C)(C)C. The molecular formula is C9H18N2O2. The van der Waals surface area contributed by atoms with Crippen LogP contribution in [0.2, 0.25) is 0 Å². The molecule has 0 aliphatic heterocycles. The van der Waals surface area contributed by atoms with E-state index in [1.165, 1.54) is 0 Å². The number of carbonyl (C=O) groups excluding carboxylic acids is 2. The van der Waals surface area contributed by atoms with Crippen molar-refractivity contribution in [2.24, 2.45) is 17.1 Å². The van der Waals surface area contributed by atoms with E-state index < -0.39 is 5.91 Å². The highest BCUT2D eigenvalue weighted by Gasteiger charge is 2.26. The Labute approximate surface area is 78.9 Å². The van der Waals surface area contributed by atoms with Gasteiger partial charge in [0.1, 0.15) is 0 Å². The Balaban J connectivity index is 4.05. The van der Waals surface area contributed by atoms with Gasteiger partial charge in [-0.25, -0.2) is 0 Å². The smallest absolute Gasteiger partial charge is 0.236 e. The zero-order chi connectivity index (χ0) is 10.6. The van der Waals surface area contributed by atoms with Gasteiger partial charge in [0, 0.05) is 5.92 Å². The van der Waals surface area contributed by atoms with Gasteiger partial charge in [-0.05, 0) is 5.41 Å². The van der Waals surface area contributed by atoms with Crippen LogP contribution in [0, 0.1) is 11.3 Å². The lowest BCUT2D eigenvalue weighted by atomic mass is 9.81. The normalized spacial score (nSPS) is 13.5. The summed E-state index contributed by atoms with van der Waals surface area (Å²) in [5.41, 5.74) is 4.80. The average Bonchev–Trinajstić information content (AvgIpc) is 1.96. The summed E-state index contributed by atoms with van der Waals surface area (Å²) >= 11 is 0. The first-order valence-corrected chi connectivity index (χ1v) is 4.31. The van der Waals surface area contributed by atoms with Gasteiger partial charge in [0.2, 0.25) is 11.8 Å². The average molecular weight is 186 g/mol. The van der Waals surface area contributed by atoms with Crippen molar-refractivity contribution < 1.29 is 9.59 Å². The van der Waals surface area contributed by atoms with E-state index in [0.29, 0.717) is 0 Å². The van der Waals surface area contributed by atoms with Gasteiger partial charge in [-0.1, -0.05) is 27.7 Å². The number of amides is 2. The Morgan fingerprint density at radius 1 is 1.38 bits per heavy atom. The molecule has 13 heavy (non-hydrogen) atoms. The van der Waals surface area contributed by atoms with Crippen molar-refractivity contribution in [3.63, 3.8) is 0 Å². The quantitative estimate of drug-likeness (QED) is 0.664. The summed E-state index contributed by atoms with van der Waals surface area (Å²) in [7, 11) is 0. The molecule has 0 aromatic heterocycles. The van der Waals surface area contributed by atoms with Gasteiger partial charge in [-0.3, -0.25) is 9.59 Å². The molecule has 1 atom stereocenters. The van der Waals surface area contributed by atoms with Gasteiger partial charge in [0.15, 0.2) is 0 Å². The standard InChI is InChI=1S/C9H18N2O2/c1-6(9(2,3)4)8(13)11-5-7(10)12/h6H,5H2,1-4H3,(H2,10,12)(H,11,13). The molecule has 0 heterocycles. The highest BCUT2D eigenvalue weighted by Crippen LogP contribution is 2.24. The lowest BCUT2D eigenvalue weighted by molar-refractivity contribution is -0.129. The van der Waals surface area contributed by atoms with Crippen LogP contribution in [-0.4, -0.2) is 18.4 Å². The first-order valence-electron chi connectivity index (χ1n) is 4.31. The van der Waals surface area contributed by atoms with E-state index in [1.54, 1.807) is 0 Å². The molecule has 0 rings (SSSR count). The minimum Gasteiger partial charge on any atom is -0.368 e. The van der Waals surface area contributed by atoms with E-state index in [1.807, 2.05) is 27.7 Å². The predicted molar refractivity (Wildman–Crippen MR) is 50.8 cm³/mol. The largest absolute Gasteiger partial charge is 0.368 e. The van der Waals surface area contributed by atoms with Crippen molar-refractivity contribution >= 4 is 11.8 Å². The summed E-state index contributed by atoms with van der Waals surface area (Å²) in [6, 6.07) is 0. The van der Waals surface area contributed by atoms with Crippen LogP contribution in [0.15, 0.2) is 0 Å². The van der Waals surface area contributed by atoms with Crippen LogP contribution in [0.4, 0.5) is 0 Å². The van der Waals surface area contributed by atoms with Crippen molar-refractivity contribution in [1.29, 1.82) is 0 Å². The van der Waals surface area contributed by atoms with Gasteiger partial charge >= 0.3 is 0 Å². The maximum atomic E-state index is 11.4. The number of nitrogens with two attached hydrogens (primary N) is 1. The number of hydrogen-bond acceptors (Lipinski definition) is 2. The fourth-order valence-electron chi connectivity index (χ4n) is 0.721. The van der Waals surface area contributed by atoms with Gasteiger partial charge < -0.3 is 11.1 Å². The van der Waals surface area contributed by atoms with Gasteiger partial charge in [0.25, 0.3) is 0 Å². The summed E-state index contributed by atoms with van der Waals surface area (Å²) in [4.78, 5) is 21.8. The maximum absolute atomic E-state index is 11.4. The molecular weight excluding hydrogens is 168 g/mol. The van der Waals surface area contributed by atoms with Crippen molar-refractivity contribution in [3.05, 3.63) is 0 Å². The summed E-state index contributed by atoms with van der Waals surface area (Å²) in [6.07, 6.45) is 0. The van der Waals surface area contributed by atoms with Crippen LogP contribution < -0.4 is 11.1 Å². The molecule has 0 saturated heterocycles. The highest BCUT2D eigenvalue weighted by molar-refractivity contribution is 5.85. The predicted octanol–water partition coefficient (Wildman–Crippen LogP) is 0.270.